The summed E-state index contributed by atoms with van der Waals surface area (Å²) in [7, 11) is -4.11. The Balaban J connectivity index is 1.35. The van der Waals surface area contributed by atoms with Crippen molar-refractivity contribution in [3.05, 3.63) is 113 Å². The standard InChI is InChI=1S/C28H21Cl2NO5S/c29-21-8-4-18(5-9-21)19-6-14-25(15-7-19)37(34,35)31-28(27(32)33)17-26(28)20-2-1-3-24(16-20)36-23-12-10-22(30)11-13-23/h1-16,26,31H,17H2,(H,32,33)/t26-,28+/m0/s1. The molecule has 4 aromatic rings. The molecule has 0 bridgehead atoms. The minimum Gasteiger partial charge on any atom is -0.480 e. The average molecular weight is 554 g/mol. The molecule has 0 saturated heterocycles. The summed E-state index contributed by atoms with van der Waals surface area (Å²) in [5.74, 6) is -0.707. The molecule has 188 valence electrons. The molecule has 1 saturated carbocycles. The van der Waals surface area contributed by atoms with E-state index in [4.69, 9.17) is 27.9 Å². The maximum atomic E-state index is 13.2. The zero-order valence-corrected chi connectivity index (χ0v) is 21.6. The van der Waals surface area contributed by atoms with Crippen LogP contribution in [0.15, 0.2) is 102 Å². The van der Waals surface area contributed by atoms with Crippen molar-refractivity contribution in [2.24, 2.45) is 0 Å². The summed E-state index contributed by atoms with van der Waals surface area (Å²) in [5.41, 5.74) is 0.707. The Morgan fingerprint density at radius 2 is 1.41 bits per heavy atom. The highest BCUT2D eigenvalue weighted by molar-refractivity contribution is 7.89. The first kappa shape index (κ1) is 25.3. The third-order valence-electron chi connectivity index (χ3n) is 6.31. The smallest absolute Gasteiger partial charge is 0.325 e. The topological polar surface area (TPSA) is 92.7 Å². The Hall–Kier alpha value is -3.36. The van der Waals surface area contributed by atoms with Crippen molar-refractivity contribution in [2.75, 3.05) is 0 Å². The summed E-state index contributed by atoms with van der Waals surface area (Å²) in [6, 6.07) is 27.3. The van der Waals surface area contributed by atoms with Gasteiger partial charge in [0, 0.05) is 16.0 Å². The molecule has 0 radical (unpaired) electrons. The molecule has 0 aliphatic heterocycles. The number of carboxylic acid groups (broad SMARTS) is 1. The Morgan fingerprint density at radius 1 is 0.838 bits per heavy atom. The van der Waals surface area contributed by atoms with Gasteiger partial charge in [0.15, 0.2) is 0 Å². The highest BCUT2D eigenvalue weighted by Crippen LogP contribution is 2.53. The number of rotatable bonds is 8. The molecule has 0 amide bonds. The van der Waals surface area contributed by atoms with Crippen LogP contribution in [0, 0.1) is 0 Å². The van der Waals surface area contributed by atoms with Gasteiger partial charge in [-0.2, -0.15) is 4.72 Å². The third-order valence-corrected chi connectivity index (χ3v) is 8.34. The lowest BCUT2D eigenvalue weighted by Crippen LogP contribution is -2.44. The van der Waals surface area contributed by atoms with Gasteiger partial charge in [-0.15, -0.1) is 0 Å². The van der Waals surface area contributed by atoms with Crippen LogP contribution in [0.1, 0.15) is 17.9 Å². The normalized spacial score (nSPS) is 18.8. The molecule has 0 spiro atoms. The number of nitrogens with one attached hydrogen (secondary N) is 1. The Morgan fingerprint density at radius 3 is 2.00 bits per heavy atom. The monoisotopic (exact) mass is 553 g/mol. The van der Waals surface area contributed by atoms with Gasteiger partial charge in [0.05, 0.1) is 4.90 Å². The van der Waals surface area contributed by atoms with E-state index in [0.717, 1.165) is 11.1 Å². The summed E-state index contributed by atoms with van der Waals surface area (Å²) < 4.78 is 34.6. The number of halogens is 2. The molecule has 0 heterocycles. The molecule has 1 fully saturated rings. The zero-order chi connectivity index (χ0) is 26.2. The zero-order valence-electron chi connectivity index (χ0n) is 19.3. The third kappa shape index (κ3) is 5.36. The maximum Gasteiger partial charge on any atom is 0.325 e. The minimum absolute atomic E-state index is 0.0173. The molecule has 2 N–H and O–H groups in total. The van der Waals surface area contributed by atoms with Gasteiger partial charge in [-0.25, -0.2) is 8.42 Å². The van der Waals surface area contributed by atoms with Crippen LogP contribution >= 0.6 is 23.2 Å². The van der Waals surface area contributed by atoms with Crippen molar-refractivity contribution in [3.63, 3.8) is 0 Å². The number of hydrogen-bond acceptors (Lipinski definition) is 4. The van der Waals surface area contributed by atoms with E-state index in [-0.39, 0.29) is 11.3 Å². The van der Waals surface area contributed by atoms with Gasteiger partial charge in [0.2, 0.25) is 10.0 Å². The van der Waals surface area contributed by atoms with Crippen LogP contribution in [0.2, 0.25) is 10.0 Å². The van der Waals surface area contributed by atoms with E-state index in [1.165, 1.54) is 12.1 Å². The van der Waals surface area contributed by atoms with Gasteiger partial charge in [0.1, 0.15) is 17.0 Å². The Labute approximate surface area is 224 Å². The van der Waals surface area contributed by atoms with Gasteiger partial charge in [0.25, 0.3) is 0 Å². The first-order valence-corrected chi connectivity index (χ1v) is 13.6. The molecule has 6 nitrogen and oxygen atoms in total. The van der Waals surface area contributed by atoms with Crippen LogP contribution in [0.5, 0.6) is 11.5 Å². The van der Waals surface area contributed by atoms with E-state index < -0.39 is 27.4 Å². The average Bonchev–Trinajstić information content (AvgIpc) is 3.61. The van der Waals surface area contributed by atoms with E-state index in [1.54, 1.807) is 72.8 Å². The largest absolute Gasteiger partial charge is 0.480 e. The van der Waals surface area contributed by atoms with Crippen LogP contribution in [-0.2, 0) is 14.8 Å². The van der Waals surface area contributed by atoms with Gasteiger partial charge < -0.3 is 9.84 Å². The number of benzene rings is 4. The van der Waals surface area contributed by atoms with Crippen molar-refractivity contribution in [2.45, 2.75) is 22.8 Å². The lowest BCUT2D eigenvalue weighted by molar-refractivity contribution is -0.140. The van der Waals surface area contributed by atoms with Gasteiger partial charge in [-0.05, 0) is 83.8 Å². The molecule has 1 aliphatic carbocycles. The molecule has 37 heavy (non-hydrogen) atoms. The Kier molecular flexibility index (Phi) is 6.72. The molecule has 5 rings (SSSR count). The van der Waals surface area contributed by atoms with Crippen molar-refractivity contribution < 1.29 is 23.1 Å². The highest BCUT2D eigenvalue weighted by Gasteiger charge is 2.63. The predicted octanol–water partition coefficient (Wildman–Crippen LogP) is 6.74. The fourth-order valence-electron chi connectivity index (χ4n) is 4.26. The molecule has 0 aromatic heterocycles. The lowest BCUT2D eigenvalue weighted by Gasteiger charge is -2.16. The molecule has 2 atom stereocenters. The summed E-state index contributed by atoms with van der Waals surface area (Å²) in [4.78, 5) is 12.3. The number of sulfonamides is 1. The van der Waals surface area contributed by atoms with Gasteiger partial charge >= 0.3 is 5.97 Å². The van der Waals surface area contributed by atoms with Gasteiger partial charge in [-0.1, -0.05) is 59.6 Å². The molecule has 9 heteroatoms. The van der Waals surface area contributed by atoms with Crippen LogP contribution < -0.4 is 9.46 Å². The number of ether oxygens (including phenoxy) is 1. The van der Waals surface area contributed by atoms with Gasteiger partial charge in [-0.3, -0.25) is 4.79 Å². The quantitative estimate of drug-likeness (QED) is 0.252. The van der Waals surface area contributed by atoms with Crippen LogP contribution in [0.3, 0.4) is 0 Å². The fraction of sp³-hybridized carbons (Fsp3) is 0.107. The van der Waals surface area contributed by atoms with Crippen molar-refractivity contribution >= 4 is 39.2 Å². The number of carbonyl (C=O) groups is 1. The molecule has 4 aromatic carbocycles. The van der Waals surface area contributed by atoms with Crippen molar-refractivity contribution in [3.8, 4) is 22.6 Å². The fourth-order valence-corrected chi connectivity index (χ4v) is 5.92. The van der Waals surface area contributed by atoms with E-state index in [0.29, 0.717) is 27.1 Å². The van der Waals surface area contributed by atoms with Crippen molar-refractivity contribution in [1.29, 1.82) is 0 Å². The van der Waals surface area contributed by atoms with Crippen molar-refractivity contribution in [1.82, 2.24) is 4.72 Å². The molecule has 1 aliphatic rings. The first-order valence-electron chi connectivity index (χ1n) is 11.3. The summed E-state index contributed by atoms with van der Waals surface area (Å²) in [6.07, 6.45) is 0.120. The highest BCUT2D eigenvalue weighted by atomic mass is 35.5. The number of carboxylic acids is 1. The van der Waals surface area contributed by atoms with E-state index >= 15 is 0 Å². The second kappa shape index (κ2) is 9.84. The van der Waals surface area contributed by atoms with E-state index in [2.05, 4.69) is 4.72 Å². The molecule has 0 unspecified atom stereocenters. The van der Waals surface area contributed by atoms with Crippen LogP contribution in [0.25, 0.3) is 11.1 Å². The summed E-state index contributed by atoms with van der Waals surface area (Å²) in [5, 5.41) is 11.2. The molecular weight excluding hydrogens is 533 g/mol. The number of aliphatic carboxylic acids is 1. The predicted molar refractivity (Wildman–Crippen MR) is 143 cm³/mol. The Bertz CT molecular complexity index is 1560. The van der Waals surface area contributed by atoms with Crippen LogP contribution in [-0.4, -0.2) is 25.0 Å². The minimum atomic E-state index is -4.11. The van der Waals surface area contributed by atoms with Crippen LogP contribution in [0.4, 0.5) is 0 Å². The second-order valence-electron chi connectivity index (χ2n) is 8.80. The lowest BCUT2D eigenvalue weighted by atomic mass is 10.1. The first-order chi connectivity index (χ1) is 17.7. The second-order valence-corrected chi connectivity index (χ2v) is 11.4. The van der Waals surface area contributed by atoms with E-state index in [1.807, 2.05) is 12.1 Å². The SMILES string of the molecule is O=C(O)[C@@]1(NS(=O)(=O)c2ccc(-c3ccc(Cl)cc3)cc2)C[C@H]1c1cccc(Oc2ccc(Cl)cc2)c1. The molecular formula is C28H21Cl2NO5S. The maximum absolute atomic E-state index is 13.2. The summed E-state index contributed by atoms with van der Waals surface area (Å²) in [6.45, 7) is 0. The summed E-state index contributed by atoms with van der Waals surface area (Å²) >= 11 is 11.9. The van der Waals surface area contributed by atoms with E-state index in [9.17, 15) is 18.3 Å². The number of hydrogen-bond donors (Lipinski definition) is 2.